The van der Waals surface area contributed by atoms with Crippen molar-refractivity contribution in [3.05, 3.63) is 30.1 Å². The maximum absolute atomic E-state index is 11.5. The highest BCUT2D eigenvalue weighted by Crippen LogP contribution is 2.01. The van der Waals surface area contributed by atoms with Gasteiger partial charge in [0.1, 0.15) is 6.04 Å². The Morgan fingerprint density at radius 2 is 2.00 bits per heavy atom. The highest BCUT2D eigenvalue weighted by Gasteiger charge is 2.18. The Morgan fingerprint density at radius 3 is 2.56 bits per heavy atom. The van der Waals surface area contributed by atoms with Crippen molar-refractivity contribution >= 4 is 11.9 Å². The molecule has 0 aromatic carbocycles. The summed E-state index contributed by atoms with van der Waals surface area (Å²) >= 11 is 0. The van der Waals surface area contributed by atoms with Gasteiger partial charge in [-0.25, -0.2) is 4.79 Å². The lowest BCUT2D eigenvalue weighted by Gasteiger charge is -2.12. The molecule has 1 rings (SSSR count). The molecule has 1 aromatic rings. The Labute approximate surface area is 105 Å². The third kappa shape index (κ3) is 4.92. The summed E-state index contributed by atoms with van der Waals surface area (Å²) in [5.41, 5.74) is 0.967. The van der Waals surface area contributed by atoms with Gasteiger partial charge >= 0.3 is 5.97 Å². The van der Waals surface area contributed by atoms with Gasteiger partial charge in [-0.15, -0.1) is 0 Å². The summed E-state index contributed by atoms with van der Waals surface area (Å²) in [6, 6.07) is 2.57. The first-order chi connectivity index (χ1) is 8.63. The van der Waals surface area contributed by atoms with E-state index in [1.165, 1.54) is 0 Å². The van der Waals surface area contributed by atoms with Crippen LogP contribution in [0.2, 0.25) is 0 Å². The smallest absolute Gasteiger partial charge is 0.326 e. The van der Waals surface area contributed by atoms with E-state index in [4.69, 9.17) is 10.2 Å². The summed E-state index contributed by atoms with van der Waals surface area (Å²) in [6.45, 7) is -0.276. The molecule has 3 N–H and O–H groups in total. The highest BCUT2D eigenvalue weighted by atomic mass is 16.4. The molecule has 0 aliphatic rings. The van der Waals surface area contributed by atoms with Crippen molar-refractivity contribution in [3.63, 3.8) is 0 Å². The predicted molar refractivity (Wildman–Crippen MR) is 63.8 cm³/mol. The van der Waals surface area contributed by atoms with E-state index >= 15 is 0 Å². The maximum atomic E-state index is 11.5. The molecule has 0 saturated carbocycles. The fourth-order valence-electron chi connectivity index (χ4n) is 1.46. The Morgan fingerprint density at radius 1 is 1.33 bits per heavy atom. The van der Waals surface area contributed by atoms with Crippen LogP contribution < -0.4 is 5.32 Å². The molecule has 18 heavy (non-hydrogen) atoms. The molecular weight excluding hydrogens is 236 g/mol. The number of rotatable bonds is 7. The van der Waals surface area contributed by atoms with Crippen LogP contribution in [0, 0.1) is 0 Å². The standard InChI is InChI=1S/C12H16N2O4/c15-8-5-10(12(17)18)14-11(16)2-1-9-3-6-13-7-4-9/h3-4,6-7,10,15H,1-2,5,8H2,(H,14,16)(H,17,18). The third-order valence-corrected chi connectivity index (χ3v) is 2.44. The lowest BCUT2D eigenvalue weighted by Crippen LogP contribution is -2.41. The number of nitrogens with zero attached hydrogens (tertiary/aromatic N) is 1. The number of aryl methyl sites for hydroxylation is 1. The van der Waals surface area contributed by atoms with E-state index in [0.717, 1.165) is 5.56 Å². The van der Waals surface area contributed by atoms with Crippen LogP contribution in [-0.2, 0) is 16.0 Å². The number of carbonyl (C=O) groups is 2. The summed E-state index contributed by atoms with van der Waals surface area (Å²) < 4.78 is 0. The molecule has 0 fully saturated rings. The number of pyridine rings is 1. The lowest BCUT2D eigenvalue weighted by molar-refractivity contribution is -0.142. The number of carbonyl (C=O) groups excluding carboxylic acids is 1. The number of amides is 1. The number of hydrogen-bond donors (Lipinski definition) is 3. The first-order valence-electron chi connectivity index (χ1n) is 5.65. The summed E-state index contributed by atoms with van der Waals surface area (Å²) in [5.74, 6) is -1.48. The molecule has 0 aliphatic heterocycles. The highest BCUT2D eigenvalue weighted by molar-refractivity contribution is 5.83. The SMILES string of the molecule is O=C(CCc1ccncc1)NC(CCO)C(=O)O. The maximum Gasteiger partial charge on any atom is 0.326 e. The van der Waals surface area contributed by atoms with Gasteiger partial charge in [0, 0.05) is 31.8 Å². The average Bonchev–Trinajstić information content (AvgIpc) is 2.37. The van der Waals surface area contributed by atoms with Crippen LogP contribution in [0.1, 0.15) is 18.4 Å². The lowest BCUT2D eigenvalue weighted by atomic mass is 10.1. The summed E-state index contributed by atoms with van der Waals surface area (Å²) in [6.07, 6.45) is 4.02. The fraction of sp³-hybridized carbons (Fsp3) is 0.417. The topological polar surface area (TPSA) is 99.5 Å². The molecule has 1 atom stereocenters. The molecule has 0 radical (unpaired) electrons. The zero-order chi connectivity index (χ0) is 13.4. The molecule has 0 bridgehead atoms. The quantitative estimate of drug-likeness (QED) is 0.632. The molecule has 0 saturated heterocycles. The van der Waals surface area contributed by atoms with E-state index in [-0.39, 0.29) is 25.4 Å². The van der Waals surface area contributed by atoms with Crippen molar-refractivity contribution in [2.45, 2.75) is 25.3 Å². The van der Waals surface area contributed by atoms with Crippen LogP contribution in [0.4, 0.5) is 0 Å². The molecule has 0 aliphatic carbocycles. The van der Waals surface area contributed by atoms with Crippen molar-refractivity contribution in [1.82, 2.24) is 10.3 Å². The zero-order valence-corrected chi connectivity index (χ0v) is 9.87. The van der Waals surface area contributed by atoms with Crippen LogP contribution in [-0.4, -0.2) is 39.7 Å². The van der Waals surface area contributed by atoms with Gasteiger partial charge in [-0.05, 0) is 24.1 Å². The molecular formula is C12H16N2O4. The van der Waals surface area contributed by atoms with Crippen LogP contribution >= 0.6 is 0 Å². The molecule has 98 valence electrons. The Kier molecular flexibility index (Phi) is 5.79. The predicted octanol–water partition coefficient (Wildman–Crippen LogP) is -0.0340. The molecule has 1 unspecified atom stereocenters. The van der Waals surface area contributed by atoms with Crippen molar-refractivity contribution < 1.29 is 19.8 Å². The first-order valence-corrected chi connectivity index (χ1v) is 5.65. The number of carboxylic acids is 1. The Bertz CT molecular complexity index is 394. The van der Waals surface area contributed by atoms with Crippen molar-refractivity contribution in [2.75, 3.05) is 6.61 Å². The third-order valence-electron chi connectivity index (χ3n) is 2.44. The number of aliphatic hydroxyl groups excluding tert-OH is 1. The van der Waals surface area contributed by atoms with Crippen LogP contribution in [0.5, 0.6) is 0 Å². The number of nitrogens with one attached hydrogen (secondary N) is 1. The number of aliphatic carboxylic acids is 1. The van der Waals surface area contributed by atoms with Crippen LogP contribution in [0.3, 0.4) is 0 Å². The molecule has 6 heteroatoms. The summed E-state index contributed by atoms with van der Waals surface area (Å²) in [4.78, 5) is 26.2. The number of aromatic nitrogens is 1. The second-order valence-electron chi connectivity index (χ2n) is 3.83. The van der Waals surface area contributed by atoms with Crippen LogP contribution in [0.25, 0.3) is 0 Å². The second kappa shape index (κ2) is 7.39. The molecule has 0 spiro atoms. The van der Waals surface area contributed by atoms with Crippen molar-refractivity contribution in [3.8, 4) is 0 Å². The molecule has 1 amide bonds. The van der Waals surface area contributed by atoms with E-state index in [1.54, 1.807) is 24.5 Å². The van der Waals surface area contributed by atoms with E-state index in [0.29, 0.717) is 6.42 Å². The molecule has 1 heterocycles. The van der Waals surface area contributed by atoms with Crippen LogP contribution in [0.15, 0.2) is 24.5 Å². The van der Waals surface area contributed by atoms with Crippen molar-refractivity contribution in [1.29, 1.82) is 0 Å². The van der Waals surface area contributed by atoms with Gasteiger partial charge in [-0.1, -0.05) is 0 Å². The molecule has 1 aromatic heterocycles. The van der Waals surface area contributed by atoms with E-state index < -0.39 is 12.0 Å². The summed E-state index contributed by atoms with van der Waals surface area (Å²) in [5, 5.41) is 19.9. The van der Waals surface area contributed by atoms with Gasteiger partial charge in [-0.2, -0.15) is 0 Å². The largest absolute Gasteiger partial charge is 0.480 e. The minimum atomic E-state index is -1.14. The van der Waals surface area contributed by atoms with Gasteiger partial charge in [0.2, 0.25) is 5.91 Å². The van der Waals surface area contributed by atoms with E-state index in [1.807, 2.05) is 0 Å². The van der Waals surface area contributed by atoms with Gasteiger partial charge in [0.25, 0.3) is 0 Å². The zero-order valence-electron chi connectivity index (χ0n) is 9.87. The van der Waals surface area contributed by atoms with Crippen molar-refractivity contribution in [2.24, 2.45) is 0 Å². The average molecular weight is 252 g/mol. The monoisotopic (exact) mass is 252 g/mol. The van der Waals surface area contributed by atoms with Gasteiger partial charge in [0.15, 0.2) is 0 Å². The van der Waals surface area contributed by atoms with Gasteiger partial charge in [0.05, 0.1) is 0 Å². The Balaban J connectivity index is 2.39. The number of carboxylic acid groups (broad SMARTS) is 1. The van der Waals surface area contributed by atoms with E-state index in [9.17, 15) is 9.59 Å². The summed E-state index contributed by atoms with van der Waals surface area (Å²) in [7, 11) is 0. The first kappa shape index (κ1) is 14.1. The van der Waals surface area contributed by atoms with E-state index in [2.05, 4.69) is 10.3 Å². The molecule has 6 nitrogen and oxygen atoms in total. The number of hydrogen-bond acceptors (Lipinski definition) is 4. The second-order valence-corrected chi connectivity index (χ2v) is 3.83. The minimum Gasteiger partial charge on any atom is -0.480 e. The van der Waals surface area contributed by atoms with Gasteiger partial charge in [-0.3, -0.25) is 9.78 Å². The number of aliphatic hydroxyl groups is 1. The normalized spacial score (nSPS) is 11.8. The minimum absolute atomic E-state index is 0.0102. The van der Waals surface area contributed by atoms with Gasteiger partial charge < -0.3 is 15.5 Å². The Hall–Kier alpha value is -1.95. The fourth-order valence-corrected chi connectivity index (χ4v) is 1.46.